The van der Waals surface area contributed by atoms with Crippen molar-refractivity contribution in [2.75, 3.05) is 19.0 Å². The second-order valence-corrected chi connectivity index (χ2v) is 7.21. The van der Waals surface area contributed by atoms with Gasteiger partial charge in [-0.1, -0.05) is 29.8 Å². The van der Waals surface area contributed by atoms with Crippen LogP contribution in [0.3, 0.4) is 0 Å². The van der Waals surface area contributed by atoms with E-state index in [1.807, 2.05) is 56.3 Å². The van der Waals surface area contributed by atoms with Crippen LogP contribution >= 0.6 is 0 Å². The van der Waals surface area contributed by atoms with Gasteiger partial charge in [0, 0.05) is 12.2 Å². The first-order chi connectivity index (χ1) is 12.9. The van der Waals surface area contributed by atoms with E-state index < -0.39 is 5.41 Å². The summed E-state index contributed by atoms with van der Waals surface area (Å²) in [7, 11) is 1.63. The van der Waals surface area contributed by atoms with Gasteiger partial charge in [-0.3, -0.25) is 9.59 Å². The van der Waals surface area contributed by atoms with E-state index in [9.17, 15) is 9.59 Å². The standard InChI is InChI=1S/C22H26N2O3/c1-15-4-9-19(16(2)14-15)24-21(26)22(11-12-22)20(25)23-13-10-17-5-7-18(27-3)8-6-17/h4-9,14H,10-13H2,1-3H3,(H,23,25)(H,24,26). The fourth-order valence-corrected chi connectivity index (χ4v) is 3.16. The molecule has 1 aliphatic carbocycles. The van der Waals surface area contributed by atoms with Gasteiger partial charge in [0.2, 0.25) is 11.8 Å². The van der Waals surface area contributed by atoms with E-state index in [4.69, 9.17) is 4.74 Å². The van der Waals surface area contributed by atoms with Gasteiger partial charge in [-0.05, 0) is 62.4 Å². The summed E-state index contributed by atoms with van der Waals surface area (Å²) in [5.74, 6) is 0.414. The maximum Gasteiger partial charge on any atom is 0.240 e. The van der Waals surface area contributed by atoms with E-state index >= 15 is 0 Å². The zero-order valence-corrected chi connectivity index (χ0v) is 16.1. The minimum atomic E-state index is -0.919. The summed E-state index contributed by atoms with van der Waals surface area (Å²) in [4.78, 5) is 25.3. The van der Waals surface area contributed by atoms with Crippen LogP contribution in [0.25, 0.3) is 0 Å². The van der Waals surface area contributed by atoms with Crippen molar-refractivity contribution in [2.45, 2.75) is 33.1 Å². The number of ether oxygens (including phenoxy) is 1. The van der Waals surface area contributed by atoms with E-state index in [2.05, 4.69) is 10.6 Å². The van der Waals surface area contributed by atoms with Crippen LogP contribution in [0.5, 0.6) is 5.75 Å². The fourth-order valence-electron chi connectivity index (χ4n) is 3.16. The van der Waals surface area contributed by atoms with Crippen LogP contribution in [0.2, 0.25) is 0 Å². The van der Waals surface area contributed by atoms with Gasteiger partial charge in [0.15, 0.2) is 0 Å². The van der Waals surface area contributed by atoms with Crippen molar-refractivity contribution in [1.29, 1.82) is 0 Å². The van der Waals surface area contributed by atoms with Crippen molar-refractivity contribution in [2.24, 2.45) is 5.41 Å². The lowest BCUT2D eigenvalue weighted by atomic mass is 10.0. The molecular formula is C22H26N2O3. The first-order valence-corrected chi connectivity index (χ1v) is 9.24. The summed E-state index contributed by atoms with van der Waals surface area (Å²) >= 11 is 0. The van der Waals surface area contributed by atoms with Crippen LogP contribution in [-0.2, 0) is 16.0 Å². The Labute approximate surface area is 160 Å². The highest BCUT2D eigenvalue weighted by atomic mass is 16.5. The largest absolute Gasteiger partial charge is 0.497 e. The van der Waals surface area contributed by atoms with E-state index in [1.54, 1.807) is 7.11 Å². The number of rotatable bonds is 7. The maximum absolute atomic E-state index is 12.7. The van der Waals surface area contributed by atoms with Crippen molar-refractivity contribution in [1.82, 2.24) is 5.32 Å². The SMILES string of the molecule is COc1ccc(CCNC(=O)C2(C(=O)Nc3ccc(C)cc3C)CC2)cc1. The van der Waals surface area contributed by atoms with Gasteiger partial charge in [0.25, 0.3) is 0 Å². The summed E-state index contributed by atoms with van der Waals surface area (Å²) in [5, 5.41) is 5.85. The Morgan fingerprint density at radius 2 is 1.74 bits per heavy atom. The molecule has 1 fully saturated rings. The Morgan fingerprint density at radius 3 is 2.33 bits per heavy atom. The normalized spacial score (nSPS) is 14.3. The molecule has 3 rings (SSSR count). The summed E-state index contributed by atoms with van der Waals surface area (Å²) in [6.07, 6.45) is 1.90. The number of hydrogen-bond donors (Lipinski definition) is 2. The summed E-state index contributed by atoms with van der Waals surface area (Å²) < 4.78 is 5.14. The van der Waals surface area contributed by atoms with Gasteiger partial charge in [-0.15, -0.1) is 0 Å². The average molecular weight is 366 g/mol. The molecule has 2 aromatic carbocycles. The Kier molecular flexibility index (Phi) is 5.49. The fraction of sp³-hybridized carbons (Fsp3) is 0.364. The van der Waals surface area contributed by atoms with Crippen LogP contribution in [-0.4, -0.2) is 25.5 Å². The molecule has 5 nitrogen and oxygen atoms in total. The number of anilines is 1. The van der Waals surface area contributed by atoms with Gasteiger partial charge in [-0.2, -0.15) is 0 Å². The molecule has 0 aliphatic heterocycles. The molecule has 142 valence electrons. The Hall–Kier alpha value is -2.82. The molecule has 2 aromatic rings. The molecule has 27 heavy (non-hydrogen) atoms. The molecule has 1 aliphatic rings. The maximum atomic E-state index is 12.7. The molecular weight excluding hydrogens is 340 g/mol. The second kappa shape index (κ2) is 7.82. The zero-order valence-electron chi connectivity index (χ0n) is 16.1. The number of carbonyl (C=O) groups excluding carboxylic acids is 2. The van der Waals surface area contributed by atoms with Crippen molar-refractivity contribution >= 4 is 17.5 Å². The third-order valence-electron chi connectivity index (χ3n) is 5.11. The van der Waals surface area contributed by atoms with Gasteiger partial charge in [-0.25, -0.2) is 0 Å². The summed E-state index contributed by atoms with van der Waals surface area (Å²) in [5.41, 5.74) is 3.10. The highest BCUT2D eigenvalue weighted by Gasteiger charge is 2.56. The third-order valence-corrected chi connectivity index (χ3v) is 5.11. The van der Waals surface area contributed by atoms with Crippen molar-refractivity contribution < 1.29 is 14.3 Å². The quantitative estimate of drug-likeness (QED) is 0.738. The monoisotopic (exact) mass is 366 g/mol. The van der Waals surface area contributed by atoms with E-state index in [0.29, 0.717) is 25.8 Å². The average Bonchev–Trinajstić information content (AvgIpc) is 3.46. The molecule has 0 aromatic heterocycles. The topological polar surface area (TPSA) is 67.4 Å². The van der Waals surface area contributed by atoms with Crippen molar-refractivity contribution in [3.63, 3.8) is 0 Å². The number of methoxy groups -OCH3 is 1. The van der Waals surface area contributed by atoms with Gasteiger partial charge in [0.05, 0.1) is 7.11 Å². The zero-order chi connectivity index (χ0) is 19.4. The molecule has 5 heteroatoms. The summed E-state index contributed by atoms with van der Waals surface area (Å²) in [6.45, 7) is 4.47. The molecule has 2 amide bonds. The Balaban J connectivity index is 1.54. The van der Waals surface area contributed by atoms with Crippen LogP contribution in [0, 0.1) is 19.3 Å². The molecule has 0 bridgehead atoms. The molecule has 1 saturated carbocycles. The Morgan fingerprint density at radius 1 is 1.04 bits per heavy atom. The number of hydrogen-bond acceptors (Lipinski definition) is 3. The van der Waals surface area contributed by atoms with Crippen molar-refractivity contribution in [3.8, 4) is 5.75 Å². The Bertz CT molecular complexity index is 839. The highest BCUT2D eigenvalue weighted by molar-refractivity contribution is 6.13. The predicted octanol–water partition coefficient (Wildman–Crippen LogP) is 3.39. The van der Waals surface area contributed by atoms with Gasteiger partial charge in [0.1, 0.15) is 11.2 Å². The highest BCUT2D eigenvalue weighted by Crippen LogP contribution is 2.47. The van der Waals surface area contributed by atoms with Crippen molar-refractivity contribution in [3.05, 3.63) is 59.2 Å². The molecule has 0 heterocycles. The molecule has 0 atom stereocenters. The van der Waals surface area contributed by atoms with Crippen LogP contribution < -0.4 is 15.4 Å². The van der Waals surface area contributed by atoms with Gasteiger partial charge >= 0.3 is 0 Å². The third kappa shape index (κ3) is 4.30. The number of benzene rings is 2. The number of aryl methyl sites for hydroxylation is 2. The molecule has 0 radical (unpaired) electrons. The molecule has 0 spiro atoms. The first-order valence-electron chi connectivity index (χ1n) is 9.24. The van der Waals surface area contributed by atoms with Crippen LogP contribution in [0.4, 0.5) is 5.69 Å². The van der Waals surface area contributed by atoms with E-state index in [-0.39, 0.29) is 11.8 Å². The second-order valence-electron chi connectivity index (χ2n) is 7.21. The number of nitrogens with one attached hydrogen (secondary N) is 2. The lowest BCUT2D eigenvalue weighted by Gasteiger charge is -2.17. The summed E-state index contributed by atoms with van der Waals surface area (Å²) in [6, 6.07) is 13.6. The lowest BCUT2D eigenvalue weighted by Crippen LogP contribution is -2.40. The number of carbonyl (C=O) groups is 2. The van der Waals surface area contributed by atoms with Crippen LogP contribution in [0.15, 0.2) is 42.5 Å². The van der Waals surface area contributed by atoms with Gasteiger partial charge < -0.3 is 15.4 Å². The lowest BCUT2D eigenvalue weighted by molar-refractivity contribution is -0.134. The minimum Gasteiger partial charge on any atom is -0.497 e. The smallest absolute Gasteiger partial charge is 0.240 e. The van der Waals surface area contributed by atoms with Crippen LogP contribution in [0.1, 0.15) is 29.5 Å². The molecule has 0 unspecified atom stereocenters. The first kappa shape index (κ1) is 19.0. The number of amides is 2. The molecule has 0 saturated heterocycles. The molecule has 2 N–H and O–H groups in total. The van der Waals surface area contributed by atoms with E-state index in [0.717, 1.165) is 28.1 Å². The minimum absolute atomic E-state index is 0.182. The van der Waals surface area contributed by atoms with E-state index in [1.165, 1.54) is 0 Å². The predicted molar refractivity (Wildman–Crippen MR) is 106 cm³/mol.